The fraction of sp³-hybridized carbons (Fsp3) is 0.227. The van der Waals surface area contributed by atoms with Crippen molar-refractivity contribution in [3.8, 4) is 17.6 Å². The Hall–Kier alpha value is -3.66. The molecule has 0 fully saturated rings. The third-order valence-corrected chi connectivity index (χ3v) is 5.59. The number of carbonyl (C=O) groups excluding carboxylic acids is 1. The minimum Gasteiger partial charge on any atom is -0.324 e. The van der Waals surface area contributed by atoms with Gasteiger partial charge in [0.2, 0.25) is 5.91 Å². The molecule has 0 saturated heterocycles. The van der Waals surface area contributed by atoms with Gasteiger partial charge in [0.15, 0.2) is 5.82 Å². The molecule has 4 aromatic rings. The molecule has 0 saturated carbocycles. The number of nitrogens with one attached hydrogen (secondary N) is 1. The number of para-hydroxylation sites is 1. The van der Waals surface area contributed by atoms with Gasteiger partial charge in [0.1, 0.15) is 17.4 Å². The third kappa shape index (κ3) is 2.32. The Morgan fingerprint density at radius 2 is 2.07 bits per heavy atom. The monoisotopic (exact) mass is 387 g/mol. The van der Waals surface area contributed by atoms with Crippen molar-refractivity contribution in [1.82, 2.24) is 14.1 Å². The van der Waals surface area contributed by atoms with Crippen molar-refractivity contribution >= 4 is 33.5 Å². The van der Waals surface area contributed by atoms with Crippen molar-refractivity contribution in [3.05, 3.63) is 47.8 Å². The lowest BCUT2D eigenvalue weighted by Crippen LogP contribution is -2.30. The molecule has 7 heteroatoms. The molecular formula is C22H18FN5O. The number of nitriles is 1. The second-order valence-corrected chi connectivity index (χ2v) is 7.17. The summed E-state index contributed by atoms with van der Waals surface area (Å²) in [4.78, 5) is 17.4. The fourth-order valence-electron chi connectivity index (χ4n) is 4.37. The van der Waals surface area contributed by atoms with Gasteiger partial charge in [0.25, 0.3) is 0 Å². The number of rotatable bonds is 3. The van der Waals surface area contributed by atoms with Crippen molar-refractivity contribution < 1.29 is 9.18 Å². The Balaban J connectivity index is 1.89. The number of imidazole rings is 1. The van der Waals surface area contributed by atoms with E-state index in [2.05, 4.69) is 5.32 Å². The Labute approximate surface area is 166 Å². The van der Waals surface area contributed by atoms with E-state index in [1.165, 1.54) is 6.07 Å². The highest BCUT2D eigenvalue weighted by Gasteiger charge is 2.31. The zero-order chi connectivity index (χ0) is 20.3. The largest absolute Gasteiger partial charge is 0.324 e. The Kier molecular flexibility index (Phi) is 3.71. The second-order valence-electron chi connectivity index (χ2n) is 7.17. The molecule has 2 aromatic heterocycles. The van der Waals surface area contributed by atoms with E-state index < -0.39 is 5.82 Å². The molecule has 0 spiro atoms. The van der Waals surface area contributed by atoms with Crippen molar-refractivity contribution in [2.24, 2.45) is 0 Å². The predicted octanol–water partition coefficient (Wildman–Crippen LogP) is 4.59. The van der Waals surface area contributed by atoms with Crippen molar-refractivity contribution in [1.29, 1.82) is 5.26 Å². The average Bonchev–Trinajstić information content (AvgIpc) is 3.28. The van der Waals surface area contributed by atoms with Crippen molar-refractivity contribution in [2.45, 2.75) is 32.9 Å². The van der Waals surface area contributed by atoms with Gasteiger partial charge >= 0.3 is 0 Å². The van der Waals surface area contributed by atoms with Crippen LogP contribution in [0.3, 0.4) is 0 Å². The first kappa shape index (κ1) is 17.4. The van der Waals surface area contributed by atoms with Crippen molar-refractivity contribution in [3.63, 3.8) is 0 Å². The number of aryl methyl sites for hydroxylation is 1. The molecule has 0 aliphatic carbocycles. The summed E-state index contributed by atoms with van der Waals surface area (Å²) in [6.07, 6.45) is 0.621. The number of anilines is 1. The SMILES string of the molecule is CCC1C(=O)Nc2cccc3cc(-c4nc5cc(C#N)cc(F)c5n4CC)n1c23. The summed E-state index contributed by atoms with van der Waals surface area (Å²) in [6.45, 7) is 4.40. The molecular weight excluding hydrogens is 369 g/mol. The molecule has 6 nitrogen and oxygen atoms in total. The van der Waals surface area contributed by atoms with Gasteiger partial charge in [-0.05, 0) is 37.6 Å². The molecule has 1 amide bonds. The first-order valence-electron chi connectivity index (χ1n) is 9.62. The van der Waals surface area contributed by atoms with Gasteiger partial charge in [0.05, 0.1) is 34.0 Å². The standard InChI is InChI=1S/C22H18FN5O/c1-3-17-22(29)26-15-7-5-6-13-10-18(28(17)19(13)15)21-25-16-9-12(11-24)8-14(23)20(16)27(21)4-2/h5-10,17H,3-4H2,1-2H3,(H,26,29). The number of hydrogen-bond donors (Lipinski definition) is 1. The number of aromatic nitrogens is 3. The average molecular weight is 387 g/mol. The number of carbonyl (C=O) groups is 1. The first-order chi connectivity index (χ1) is 14.1. The molecule has 0 bridgehead atoms. The minimum atomic E-state index is -0.472. The van der Waals surface area contributed by atoms with Crippen LogP contribution in [0.4, 0.5) is 10.1 Å². The molecule has 2 aromatic carbocycles. The summed E-state index contributed by atoms with van der Waals surface area (Å²) in [5.74, 6) is 0.0497. The van der Waals surface area contributed by atoms with E-state index in [9.17, 15) is 14.4 Å². The zero-order valence-corrected chi connectivity index (χ0v) is 16.0. The van der Waals surface area contributed by atoms with E-state index in [4.69, 9.17) is 4.98 Å². The van der Waals surface area contributed by atoms with Gasteiger partial charge < -0.3 is 14.5 Å². The van der Waals surface area contributed by atoms with Crippen LogP contribution < -0.4 is 5.32 Å². The van der Waals surface area contributed by atoms with Crippen LogP contribution in [-0.2, 0) is 11.3 Å². The van der Waals surface area contributed by atoms with Gasteiger partial charge in [-0.1, -0.05) is 19.1 Å². The topological polar surface area (TPSA) is 75.6 Å². The molecule has 29 heavy (non-hydrogen) atoms. The van der Waals surface area contributed by atoms with Gasteiger partial charge in [-0.15, -0.1) is 0 Å². The summed E-state index contributed by atoms with van der Waals surface area (Å²) in [5, 5.41) is 13.2. The summed E-state index contributed by atoms with van der Waals surface area (Å²) in [6, 6.07) is 12.2. The number of hydrogen-bond acceptors (Lipinski definition) is 3. The van der Waals surface area contributed by atoms with E-state index in [0.717, 1.165) is 22.3 Å². The van der Waals surface area contributed by atoms with Crippen LogP contribution in [0.25, 0.3) is 33.5 Å². The van der Waals surface area contributed by atoms with E-state index in [0.29, 0.717) is 29.8 Å². The smallest absolute Gasteiger partial charge is 0.247 e. The van der Waals surface area contributed by atoms with Gasteiger partial charge in [-0.2, -0.15) is 5.26 Å². The quantitative estimate of drug-likeness (QED) is 0.559. The Morgan fingerprint density at radius 1 is 1.24 bits per heavy atom. The molecule has 5 rings (SSSR count). The predicted molar refractivity (Wildman–Crippen MR) is 109 cm³/mol. The third-order valence-electron chi connectivity index (χ3n) is 5.59. The first-order valence-corrected chi connectivity index (χ1v) is 9.62. The Morgan fingerprint density at radius 3 is 2.79 bits per heavy atom. The summed E-state index contributed by atoms with van der Waals surface area (Å²) >= 11 is 0. The van der Waals surface area contributed by atoms with Crippen LogP contribution in [0.5, 0.6) is 0 Å². The molecule has 1 aliphatic heterocycles. The van der Waals surface area contributed by atoms with E-state index in [1.54, 1.807) is 6.07 Å². The molecule has 1 unspecified atom stereocenters. The number of halogens is 1. The van der Waals surface area contributed by atoms with E-state index in [-0.39, 0.29) is 17.5 Å². The fourth-order valence-corrected chi connectivity index (χ4v) is 4.37. The molecule has 1 N–H and O–H groups in total. The molecule has 1 atom stereocenters. The second kappa shape index (κ2) is 6.17. The number of amides is 1. The summed E-state index contributed by atoms with van der Waals surface area (Å²) in [7, 11) is 0. The lowest BCUT2D eigenvalue weighted by Gasteiger charge is -2.26. The highest BCUT2D eigenvalue weighted by molar-refractivity contribution is 6.08. The van der Waals surface area contributed by atoms with E-state index >= 15 is 0 Å². The maximum atomic E-state index is 14.8. The van der Waals surface area contributed by atoms with Crippen molar-refractivity contribution in [2.75, 3.05) is 5.32 Å². The zero-order valence-electron chi connectivity index (χ0n) is 16.0. The van der Waals surface area contributed by atoms with Crippen LogP contribution in [0.1, 0.15) is 31.9 Å². The van der Waals surface area contributed by atoms with Crippen LogP contribution in [-0.4, -0.2) is 20.0 Å². The normalized spacial score (nSPS) is 15.7. The molecule has 144 valence electrons. The van der Waals surface area contributed by atoms with Gasteiger partial charge in [0, 0.05) is 11.9 Å². The number of benzene rings is 2. The highest BCUT2D eigenvalue weighted by atomic mass is 19.1. The molecule has 1 aliphatic rings. The van der Waals surface area contributed by atoms with Gasteiger partial charge in [-0.3, -0.25) is 4.79 Å². The minimum absolute atomic E-state index is 0.0675. The lowest BCUT2D eigenvalue weighted by molar-refractivity contribution is -0.119. The molecule has 3 heterocycles. The summed E-state index contributed by atoms with van der Waals surface area (Å²) < 4.78 is 18.6. The lowest BCUT2D eigenvalue weighted by atomic mass is 10.1. The number of nitrogens with zero attached hydrogens (tertiary/aromatic N) is 4. The van der Waals surface area contributed by atoms with Gasteiger partial charge in [-0.25, -0.2) is 9.37 Å². The van der Waals surface area contributed by atoms with Crippen LogP contribution in [0.15, 0.2) is 36.4 Å². The molecule has 0 radical (unpaired) electrons. The van der Waals surface area contributed by atoms with E-state index in [1.807, 2.05) is 53.3 Å². The van der Waals surface area contributed by atoms with Crippen LogP contribution >= 0.6 is 0 Å². The Bertz CT molecular complexity index is 1360. The van der Waals surface area contributed by atoms with Crippen LogP contribution in [0.2, 0.25) is 0 Å². The highest BCUT2D eigenvalue weighted by Crippen LogP contribution is 2.40. The maximum Gasteiger partial charge on any atom is 0.247 e. The number of fused-ring (bicyclic) bond motifs is 1. The maximum absolute atomic E-state index is 14.8. The van der Waals surface area contributed by atoms with Crippen LogP contribution in [0, 0.1) is 17.1 Å². The summed E-state index contributed by atoms with van der Waals surface area (Å²) in [5.41, 5.74) is 3.52.